The molecule has 1 N–H and O–H groups in total. The third kappa shape index (κ3) is 3.07. The van der Waals surface area contributed by atoms with E-state index in [1.807, 2.05) is 37.3 Å². The van der Waals surface area contributed by atoms with Crippen molar-refractivity contribution in [2.45, 2.75) is 58.0 Å². The van der Waals surface area contributed by atoms with Crippen molar-refractivity contribution in [2.24, 2.45) is 0 Å². The Hall–Kier alpha value is -2.89. The first-order valence-electron chi connectivity index (χ1n) is 10.2. The molecule has 29 heavy (non-hydrogen) atoms. The van der Waals surface area contributed by atoms with Gasteiger partial charge in [-0.25, -0.2) is 4.79 Å². The summed E-state index contributed by atoms with van der Waals surface area (Å²) in [5, 5.41) is 2.99. The highest BCUT2D eigenvalue weighted by molar-refractivity contribution is 6.08. The van der Waals surface area contributed by atoms with E-state index in [0.29, 0.717) is 18.1 Å². The summed E-state index contributed by atoms with van der Waals surface area (Å²) in [6, 6.07) is 9.39. The number of benzene rings is 1. The van der Waals surface area contributed by atoms with Gasteiger partial charge in [0.1, 0.15) is 11.3 Å². The van der Waals surface area contributed by atoms with E-state index in [1.54, 1.807) is 7.11 Å². The van der Waals surface area contributed by atoms with Crippen LogP contribution >= 0.6 is 0 Å². The molecule has 0 bridgehead atoms. The minimum atomic E-state index is -0.987. The highest BCUT2D eigenvalue weighted by Crippen LogP contribution is 2.43. The monoisotopic (exact) mass is 393 g/mol. The fraction of sp³-hybridized carbons (Fsp3) is 0.435. The van der Waals surface area contributed by atoms with Crippen LogP contribution in [-0.2, 0) is 29.7 Å². The number of rotatable bonds is 5. The SMILES string of the molecule is CCc1nc(C(C)C)ccc1CN1C(=O)NC2(CCc3ccc(OC)cc32)C1=O. The summed E-state index contributed by atoms with van der Waals surface area (Å²) < 4.78 is 5.34. The van der Waals surface area contributed by atoms with Gasteiger partial charge in [-0.15, -0.1) is 0 Å². The maximum Gasteiger partial charge on any atom is 0.325 e. The van der Waals surface area contributed by atoms with Crippen LogP contribution in [0.4, 0.5) is 4.79 Å². The van der Waals surface area contributed by atoms with Gasteiger partial charge in [0.05, 0.1) is 13.7 Å². The lowest BCUT2D eigenvalue weighted by atomic mass is 9.91. The van der Waals surface area contributed by atoms with Crippen LogP contribution in [-0.4, -0.2) is 28.9 Å². The third-order valence-corrected chi connectivity index (χ3v) is 6.07. The van der Waals surface area contributed by atoms with Crippen molar-refractivity contribution in [3.05, 3.63) is 58.4 Å². The van der Waals surface area contributed by atoms with E-state index in [0.717, 1.165) is 40.9 Å². The molecule has 1 saturated heterocycles. The molecule has 1 fully saturated rings. The number of aromatic nitrogens is 1. The zero-order chi connectivity index (χ0) is 20.8. The van der Waals surface area contributed by atoms with Gasteiger partial charge in [0.2, 0.25) is 0 Å². The maximum absolute atomic E-state index is 13.5. The highest BCUT2D eigenvalue weighted by Gasteiger charge is 2.55. The van der Waals surface area contributed by atoms with E-state index in [1.165, 1.54) is 4.90 Å². The van der Waals surface area contributed by atoms with Crippen molar-refractivity contribution in [1.29, 1.82) is 0 Å². The van der Waals surface area contributed by atoms with E-state index < -0.39 is 5.54 Å². The lowest BCUT2D eigenvalue weighted by Gasteiger charge is -2.23. The minimum Gasteiger partial charge on any atom is -0.497 e. The van der Waals surface area contributed by atoms with Gasteiger partial charge in [0.15, 0.2) is 0 Å². The Balaban J connectivity index is 1.66. The molecule has 2 aliphatic rings. The second kappa shape index (κ2) is 7.17. The molecule has 1 aromatic carbocycles. The Morgan fingerprint density at radius 2 is 2.03 bits per heavy atom. The number of fused-ring (bicyclic) bond motifs is 2. The van der Waals surface area contributed by atoms with Crippen molar-refractivity contribution in [2.75, 3.05) is 7.11 Å². The number of nitrogens with zero attached hydrogens (tertiary/aromatic N) is 2. The average molecular weight is 393 g/mol. The Morgan fingerprint density at radius 3 is 2.72 bits per heavy atom. The standard InChI is InChI=1S/C23H27N3O3/c1-5-19-16(7-9-20(24-19)14(2)3)13-26-21(27)23(25-22(26)28)11-10-15-6-8-17(29-4)12-18(15)23/h6-9,12,14H,5,10-11,13H2,1-4H3,(H,25,28). The van der Waals surface area contributed by atoms with Crippen molar-refractivity contribution in [3.63, 3.8) is 0 Å². The number of carbonyl (C=O) groups is 2. The molecular formula is C23H27N3O3. The fourth-order valence-electron chi connectivity index (χ4n) is 4.37. The molecule has 1 spiro atoms. The zero-order valence-electron chi connectivity index (χ0n) is 17.4. The molecule has 4 rings (SSSR count). The van der Waals surface area contributed by atoms with E-state index >= 15 is 0 Å². The van der Waals surface area contributed by atoms with Crippen LogP contribution in [0, 0.1) is 0 Å². The quantitative estimate of drug-likeness (QED) is 0.787. The first-order chi connectivity index (χ1) is 13.9. The van der Waals surface area contributed by atoms with Gasteiger partial charge < -0.3 is 10.1 Å². The van der Waals surface area contributed by atoms with Crippen molar-refractivity contribution < 1.29 is 14.3 Å². The van der Waals surface area contributed by atoms with Crippen LogP contribution in [0.1, 0.15) is 61.2 Å². The van der Waals surface area contributed by atoms with Gasteiger partial charge in [-0.2, -0.15) is 0 Å². The van der Waals surface area contributed by atoms with Gasteiger partial charge in [-0.1, -0.05) is 32.9 Å². The van der Waals surface area contributed by atoms with Crippen LogP contribution < -0.4 is 10.1 Å². The molecule has 1 aliphatic heterocycles. The summed E-state index contributed by atoms with van der Waals surface area (Å²) in [7, 11) is 1.60. The molecule has 3 amide bonds. The molecule has 1 aliphatic carbocycles. The number of imide groups is 1. The number of nitrogens with one attached hydrogen (secondary N) is 1. The number of pyridine rings is 1. The molecule has 6 heteroatoms. The molecule has 1 unspecified atom stereocenters. The number of methoxy groups -OCH3 is 1. The van der Waals surface area contributed by atoms with E-state index in [9.17, 15) is 9.59 Å². The Morgan fingerprint density at radius 1 is 1.24 bits per heavy atom. The fourth-order valence-corrected chi connectivity index (χ4v) is 4.37. The van der Waals surface area contributed by atoms with Gasteiger partial charge in [0, 0.05) is 11.4 Å². The number of hydrogen-bond donors (Lipinski definition) is 1. The third-order valence-electron chi connectivity index (χ3n) is 6.07. The van der Waals surface area contributed by atoms with Crippen LogP contribution in [0.3, 0.4) is 0 Å². The van der Waals surface area contributed by atoms with Gasteiger partial charge >= 0.3 is 6.03 Å². The zero-order valence-corrected chi connectivity index (χ0v) is 17.4. The largest absolute Gasteiger partial charge is 0.497 e. The Bertz CT molecular complexity index is 985. The molecule has 2 heterocycles. The molecule has 1 atom stereocenters. The van der Waals surface area contributed by atoms with Crippen molar-refractivity contribution >= 4 is 11.9 Å². The number of amides is 3. The summed E-state index contributed by atoms with van der Waals surface area (Å²) in [6.45, 7) is 6.49. The topological polar surface area (TPSA) is 71.5 Å². The maximum atomic E-state index is 13.5. The van der Waals surface area contributed by atoms with E-state index in [4.69, 9.17) is 9.72 Å². The summed E-state index contributed by atoms with van der Waals surface area (Å²) in [5.41, 5.74) is 3.82. The van der Waals surface area contributed by atoms with E-state index in [2.05, 4.69) is 19.2 Å². The van der Waals surface area contributed by atoms with E-state index in [-0.39, 0.29) is 18.5 Å². The average Bonchev–Trinajstić information content (AvgIpc) is 3.20. The number of carbonyl (C=O) groups excluding carboxylic acids is 2. The second-order valence-corrected chi connectivity index (χ2v) is 8.10. The number of aryl methyl sites for hydroxylation is 2. The smallest absolute Gasteiger partial charge is 0.325 e. The van der Waals surface area contributed by atoms with Crippen molar-refractivity contribution in [3.8, 4) is 5.75 Å². The normalized spacial score (nSPS) is 20.5. The van der Waals surface area contributed by atoms with Gasteiger partial charge in [0.25, 0.3) is 5.91 Å². The van der Waals surface area contributed by atoms with Gasteiger partial charge in [-0.3, -0.25) is 14.7 Å². The lowest BCUT2D eigenvalue weighted by molar-refractivity contribution is -0.132. The molecule has 0 saturated carbocycles. The number of hydrogen-bond acceptors (Lipinski definition) is 4. The van der Waals surface area contributed by atoms with Crippen LogP contribution in [0.5, 0.6) is 5.75 Å². The molecule has 2 aromatic rings. The molecule has 0 radical (unpaired) electrons. The molecule has 1 aromatic heterocycles. The second-order valence-electron chi connectivity index (χ2n) is 8.10. The first kappa shape index (κ1) is 19.4. The predicted octanol–water partition coefficient (Wildman–Crippen LogP) is 3.67. The highest BCUT2D eigenvalue weighted by atomic mass is 16.5. The first-order valence-corrected chi connectivity index (χ1v) is 10.2. The minimum absolute atomic E-state index is 0.190. The van der Waals surface area contributed by atoms with Gasteiger partial charge in [-0.05, 0) is 60.1 Å². The summed E-state index contributed by atoms with van der Waals surface area (Å²) in [4.78, 5) is 32.4. The number of urea groups is 1. The van der Waals surface area contributed by atoms with Crippen LogP contribution in [0.25, 0.3) is 0 Å². The summed E-state index contributed by atoms with van der Waals surface area (Å²) in [5.74, 6) is 0.830. The molecular weight excluding hydrogens is 366 g/mol. The van der Waals surface area contributed by atoms with Crippen LogP contribution in [0.2, 0.25) is 0 Å². The predicted molar refractivity (Wildman–Crippen MR) is 110 cm³/mol. The van der Waals surface area contributed by atoms with Crippen LogP contribution in [0.15, 0.2) is 30.3 Å². The summed E-state index contributed by atoms with van der Waals surface area (Å²) >= 11 is 0. The van der Waals surface area contributed by atoms with Crippen molar-refractivity contribution in [1.82, 2.24) is 15.2 Å². The summed E-state index contributed by atoms with van der Waals surface area (Å²) in [6.07, 6.45) is 2.08. The lowest BCUT2D eigenvalue weighted by Crippen LogP contribution is -2.41. The molecule has 6 nitrogen and oxygen atoms in total. The number of ether oxygens (including phenoxy) is 1. The Kier molecular flexibility index (Phi) is 4.81. The Labute approximate surface area is 171 Å². The molecule has 152 valence electrons.